The Balaban J connectivity index is 1.50. The molecule has 1 saturated heterocycles. The zero-order valence-corrected chi connectivity index (χ0v) is 18.2. The Morgan fingerprint density at radius 1 is 1.18 bits per heavy atom. The van der Waals surface area contributed by atoms with E-state index in [1.165, 1.54) is 58.0 Å². The van der Waals surface area contributed by atoms with Crippen LogP contribution in [0.4, 0.5) is 0 Å². The van der Waals surface area contributed by atoms with Crippen LogP contribution in [0.15, 0.2) is 17.4 Å². The molecule has 2 aliphatic rings. The Morgan fingerprint density at radius 3 is 2.61 bits per heavy atom. The lowest BCUT2D eigenvalue weighted by Gasteiger charge is -2.39. The van der Waals surface area contributed by atoms with Crippen molar-refractivity contribution in [2.24, 2.45) is 10.9 Å². The molecule has 0 spiro atoms. The average molecular weight is 389 g/mol. The highest BCUT2D eigenvalue weighted by Gasteiger charge is 2.26. The van der Waals surface area contributed by atoms with Crippen LogP contribution in [0, 0.1) is 5.92 Å². The van der Waals surface area contributed by atoms with Crippen LogP contribution in [0.1, 0.15) is 71.5 Å². The van der Waals surface area contributed by atoms with E-state index in [9.17, 15) is 0 Å². The number of likely N-dealkylation sites (tertiary alicyclic amines) is 1. The van der Waals surface area contributed by atoms with E-state index in [1.54, 1.807) is 0 Å². The third kappa shape index (κ3) is 6.23. The second-order valence-electron chi connectivity index (χ2n) is 8.83. The van der Waals surface area contributed by atoms with Gasteiger partial charge in [-0.25, -0.2) is 9.98 Å². The van der Waals surface area contributed by atoms with Gasteiger partial charge in [0.05, 0.1) is 0 Å². The molecule has 1 aliphatic carbocycles. The van der Waals surface area contributed by atoms with Gasteiger partial charge in [-0.05, 0) is 38.5 Å². The molecule has 0 unspecified atom stereocenters. The molecule has 158 valence electrons. The predicted molar refractivity (Wildman–Crippen MR) is 116 cm³/mol. The monoisotopic (exact) mass is 388 g/mol. The Labute approximate surface area is 171 Å². The summed E-state index contributed by atoms with van der Waals surface area (Å²) in [5, 5.41) is 7.09. The molecule has 1 saturated carbocycles. The average Bonchev–Trinajstić information content (AvgIpc) is 3.14. The standard InChI is InChI=1S/C22H40N6/c1-4-23-22(25-16-21-24-12-15-28(21)17-18(2)3)26-19-10-13-27(14-11-19)20-8-6-5-7-9-20/h12,15,18-20H,4-11,13-14,16-17H2,1-3H3,(H2,23,25,26). The molecular formula is C22H40N6. The molecule has 1 aromatic heterocycles. The summed E-state index contributed by atoms with van der Waals surface area (Å²) in [7, 11) is 0. The van der Waals surface area contributed by atoms with Crippen molar-refractivity contribution in [1.29, 1.82) is 0 Å². The van der Waals surface area contributed by atoms with Crippen LogP contribution >= 0.6 is 0 Å². The van der Waals surface area contributed by atoms with Crippen LogP contribution in [0.5, 0.6) is 0 Å². The number of aromatic nitrogens is 2. The summed E-state index contributed by atoms with van der Waals surface area (Å²) in [6, 6.07) is 1.37. The number of guanidine groups is 1. The fourth-order valence-corrected chi connectivity index (χ4v) is 4.57. The predicted octanol–water partition coefficient (Wildman–Crippen LogP) is 3.39. The lowest BCUT2D eigenvalue weighted by molar-refractivity contribution is 0.119. The Hall–Kier alpha value is -1.56. The SMILES string of the molecule is CCNC(=NCc1nccn1CC(C)C)NC1CCN(C2CCCCC2)CC1. The molecule has 28 heavy (non-hydrogen) atoms. The van der Waals surface area contributed by atoms with Crippen molar-refractivity contribution in [3.05, 3.63) is 18.2 Å². The second kappa shape index (κ2) is 10.8. The fourth-order valence-electron chi connectivity index (χ4n) is 4.57. The Bertz CT molecular complexity index is 594. The molecule has 6 heteroatoms. The minimum Gasteiger partial charge on any atom is -0.357 e. The largest absolute Gasteiger partial charge is 0.357 e. The van der Waals surface area contributed by atoms with Gasteiger partial charge in [-0.15, -0.1) is 0 Å². The van der Waals surface area contributed by atoms with E-state index in [1.807, 2.05) is 6.20 Å². The molecule has 3 rings (SSSR count). The highest BCUT2D eigenvalue weighted by atomic mass is 15.2. The Kier molecular flexibility index (Phi) is 8.19. The number of rotatable bonds is 7. The summed E-state index contributed by atoms with van der Waals surface area (Å²) < 4.78 is 2.22. The van der Waals surface area contributed by atoms with Gasteiger partial charge < -0.3 is 20.1 Å². The Morgan fingerprint density at radius 2 is 1.93 bits per heavy atom. The van der Waals surface area contributed by atoms with E-state index >= 15 is 0 Å². The van der Waals surface area contributed by atoms with Crippen LogP contribution in [-0.4, -0.2) is 52.1 Å². The van der Waals surface area contributed by atoms with Crippen LogP contribution in [0.2, 0.25) is 0 Å². The van der Waals surface area contributed by atoms with Crippen molar-refractivity contribution >= 4 is 5.96 Å². The van der Waals surface area contributed by atoms with Gasteiger partial charge in [0.1, 0.15) is 12.4 Å². The van der Waals surface area contributed by atoms with Crippen molar-refractivity contribution in [2.45, 2.75) is 90.9 Å². The van der Waals surface area contributed by atoms with Crippen molar-refractivity contribution in [3.8, 4) is 0 Å². The van der Waals surface area contributed by atoms with Gasteiger partial charge in [0, 0.05) is 50.7 Å². The fraction of sp³-hybridized carbons (Fsp3) is 0.818. The van der Waals surface area contributed by atoms with E-state index in [-0.39, 0.29) is 0 Å². The molecule has 6 nitrogen and oxygen atoms in total. The molecule has 0 aromatic carbocycles. The normalized spacial score (nSPS) is 20.6. The molecule has 0 bridgehead atoms. The first kappa shape index (κ1) is 21.2. The number of aliphatic imine (C=N–C) groups is 1. The van der Waals surface area contributed by atoms with Gasteiger partial charge in [-0.3, -0.25) is 0 Å². The summed E-state index contributed by atoms with van der Waals surface area (Å²) in [4.78, 5) is 12.1. The van der Waals surface area contributed by atoms with E-state index in [0.717, 1.165) is 30.9 Å². The first-order valence-corrected chi connectivity index (χ1v) is 11.4. The van der Waals surface area contributed by atoms with Crippen molar-refractivity contribution < 1.29 is 0 Å². The van der Waals surface area contributed by atoms with Crippen molar-refractivity contribution in [3.63, 3.8) is 0 Å². The maximum Gasteiger partial charge on any atom is 0.191 e. The van der Waals surface area contributed by atoms with Crippen LogP contribution in [0.25, 0.3) is 0 Å². The lowest BCUT2D eigenvalue weighted by Crippen LogP contribution is -2.51. The first-order chi connectivity index (χ1) is 13.7. The van der Waals surface area contributed by atoms with Crippen LogP contribution in [-0.2, 0) is 13.1 Å². The molecule has 2 heterocycles. The highest BCUT2D eigenvalue weighted by Crippen LogP contribution is 2.25. The van der Waals surface area contributed by atoms with Gasteiger partial charge in [0.15, 0.2) is 5.96 Å². The zero-order valence-electron chi connectivity index (χ0n) is 18.2. The third-order valence-corrected chi connectivity index (χ3v) is 6.05. The van der Waals surface area contributed by atoms with Gasteiger partial charge in [-0.1, -0.05) is 33.1 Å². The summed E-state index contributed by atoms with van der Waals surface area (Å²) >= 11 is 0. The molecular weight excluding hydrogens is 348 g/mol. The molecule has 1 aromatic rings. The lowest BCUT2D eigenvalue weighted by atomic mass is 9.92. The highest BCUT2D eigenvalue weighted by molar-refractivity contribution is 5.80. The van der Waals surface area contributed by atoms with Crippen LogP contribution < -0.4 is 10.6 Å². The molecule has 1 aliphatic heterocycles. The van der Waals surface area contributed by atoms with Crippen molar-refractivity contribution in [2.75, 3.05) is 19.6 Å². The maximum atomic E-state index is 4.82. The molecule has 0 amide bonds. The van der Waals surface area contributed by atoms with Crippen LogP contribution in [0.3, 0.4) is 0 Å². The summed E-state index contributed by atoms with van der Waals surface area (Å²) in [5.74, 6) is 2.58. The third-order valence-electron chi connectivity index (χ3n) is 6.05. The first-order valence-electron chi connectivity index (χ1n) is 11.4. The summed E-state index contributed by atoms with van der Waals surface area (Å²) in [5.41, 5.74) is 0. The van der Waals surface area contributed by atoms with E-state index in [4.69, 9.17) is 4.99 Å². The number of imidazole rings is 1. The number of nitrogens with zero attached hydrogens (tertiary/aromatic N) is 4. The van der Waals surface area contributed by atoms with E-state index in [2.05, 4.69) is 52.1 Å². The molecule has 0 radical (unpaired) electrons. The van der Waals surface area contributed by atoms with Gasteiger partial charge in [-0.2, -0.15) is 0 Å². The zero-order chi connectivity index (χ0) is 19.8. The van der Waals surface area contributed by atoms with Gasteiger partial charge in [0.25, 0.3) is 0 Å². The topological polar surface area (TPSA) is 57.5 Å². The van der Waals surface area contributed by atoms with Gasteiger partial charge in [0.2, 0.25) is 0 Å². The van der Waals surface area contributed by atoms with E-state index < -0.39 is 0 Å². The molecule has 2 fully saturated rings. The summed E-state index contributed by atoms with van der Waals surface area (Å²) in [6.45, 7) is 11.5. The molecule has 2 N–H and O–H groups in total. The summed E-state index contributed by atoms with van der Waals surface area (Å²) in [6.07, 6.45) is 13.5. The smallest absolute Gasteiger partial charge is 0.191 e. The van der Waals surface area contributed by atoms with E-state index in [0.29, 0.717) is 18.5 Å². The second-order valence-corrected chi connectivity index (χ2v) is 8.83. The number of piperidine rings is 1. The van der Waals surface area contributed by atoms with Crippen molar-refractivity contribution in [1.82, 2.24) is 25.1 Å². The molecule has 0 atom stereocenters. The minimum atomic E-state index is 0.521. The maximum absolute atomic E-state index is 4.82. The quantitative estimate of drug-likeness (QED) is 0.555. The number of nitrogens with one attached hydrogen (secondary N) is 2. The number of hydrogen-bond donors (Lipinski definition) is 2. The van der Waals surface area contributed by atoms with Gasteiger partial charge >= 0.3 is 0 Å². The minimum absolute atomic E-state index is 0.521. The number of hydrogen-bond acceptors (Lipinski definition) is 3.